The summed E-state index contributed by atoms with van der Waals surface area (Å²) >= 11 is 0. The lowest BCUT2D eigenvalue weighted by Crippen LogP contribution is -2.33. The van der Waals surface area contributed by atoms with E-state index >= 15 is 0 Å². The Kier molecular flexibility index (Phi) is 4.10. The fourth-order valence-electron chi connectivity index (χ4n) is 2.06. The molecule has 1 aliphatic rings. The molecule has 0 aliphatic heterocycles. The highest BCUT2D eigenvalue weighted by atomic mass is 16.5. The number of carbonyl (C=O) groups excluding carboxylic acids is 1. The van der Waals surface area contributed by atoms with E-state index in [2.05, 4.69) is 0 Å². The molecule has 1 aromatic carbocycles. The zero-order chi connectivity index (χ0) is 14.0. The van der Waals surface area contributed by atoms with Gasteiger partial charge in [0.25, 0.3) is 5.91 Å². The van der Waals surface area contributed by atoms with Crippen molar-refractivity contribution in [2.24, 2.45) is 5.73 Å². The van der Waals surface area contributed by atoms with E-state index in [4.69, 9.17) is 10.5 Å². The summed E-state index contributed by atoms with van der Waals surface area (Å²) < 4.78 is 5.64. The molecule has 4 heteroatoms. The van der Waals surface area contributed by atoms with E-state index < -0.39 is 0 Å². The van der Waals surface area contributed by atoms with Crippen molar-refractivity contribution in [3.05, 3.63) is 29.3 Å². The number of nitrogens with two attached hydrogens (primary N) is 1. The first-order valence-electron chi connectivity index (χ1n) is 6.73. The van der Waals surface area contributed by atoms with E-state index in [0.29, 0.717) is 11.8 Å². The Morgan fingerprint density at radius 3 is 2.79 bits per heavy atom. The molecular formula is C15H22N2O2. The normalized spacial score (nSPS) is 16.0. The van der Waals surface area contributed by atoms with Crippen molar-refractivity contribution in [3.8, 4) is 5.75 Å². The van der Waals surface area contributed by atoms with Gasteiger partial charge in [0.1, 0.15) is 5.75 Å². The van der Waals surface area contributed by atoms with Crippen LogP contribution in [0.5, 0.6) is 5.75 Å². The number of likely N-dealkylation sites (N-methyl/N-ethyl adjacent to an activating group) is 1. The Hall–Kier alpha value is -1.55. The lowest BCUT2D eigenvalue weighted by atomic mass is 10.1. The molecule has 0 spiro atoms. The molecule has 1 atom stereocenters. The van der Waals surface area contributed by atoms with Crippen LogP contribution in [0.1, 0.15) is 36.9 Å². The van der Waals surface area contributed by atoms with E-state index in [9.17, 15) is 4.79 Å². The van der Waals surface area contributed by atoms with Crippen LogP contribution in [-0.2, 0) is 4.79 Å². The molecule has 2 rings (SSSR count). The van der Waals surface area contributed by atoms with Gasteiger partial charge in [-0.15, -0.1) is 0 Å². The lowest BCUT2D eigenvalue weighted by Gasteiger charge is -2.18. The number of nitrogens with zero attached hydrogens (tertiary/aromatic N) is 1. The van der Waals surface area contributed by atoms with Crippen LogP contribution in [0.2, 0.25) is 0 Å². The molecule has 0 heterocycles. The topological polar surface area (TPSA) is 55.6 Å². The van der Waals surface area contributed by atoms with Crippen LogP contribution in [0.15, 0.2) is 18.2 Å². The third-order valence-electron chi connectivity index (χ3n) is 3.49. The summed E-state index contributed by atoms with van der Waals surface area (Å²) in [4.78, 5) is 13.7. The molecule has 0 unspecified atom stereocenters. The molecule has 1 amide bonds. The SMILES string of the molecule is Cc1ccc(OCC(=O)N(C)C2CC2)c([C@H](C)N)c1. The van der Waals surface area contributed by atoms with Gasteiger partial charge in [0.05, 0.1) is 0 Å². The van der Waals surface area contributed by atoms with Gasteiger partial charge < -0.3 is 15.4 Å². The molecule has 0 saturated heterocycles. The van der Waals surface area contributed by atoms with Crippen molar-refractivity contribution in [1.29, 1.82) is 0 Å². The number of hydrogen-bond donors (Lipinski definition) is 1. The van der Waals surface area contributed by atoms with E-state index in [-0.39, 0.29) is 18.6 Å². The Morgan fingerprint density at radius 1 is 1.53 bits per heavy atom. The quantitative estimate of drug-likeness (QED) is 0.883. The summed E-state index contributed by atoms with van der Waals surface area (Å²) in [7, 11) is 1.84. The molecule has 2 N–H and O–H groups in total. The van der Waals surface area contributed by atoms with Gasteiger partial charge in [-0.1, -0.05) is 17.7 Å². The molecule has 4 nitrogen and oxygen atoms in total. The van der Waals surface area contributed by atoms with Crippen molar-refractivity contribution in [1.82, 2.24) is 4.90 Å². The van der Waals surface area contributed by atoms with E-state index in [1.165, 1.54) is 0 Å². The van der Waals surface area contributed by atoms with Crippen LogP contribution >= 0.6 is 0 Å². The van der Waals surface area contributed by atoms with Crippen molar-refractivity contribution in [2.75, 3.05) is 13.7 Å². The second-order valence-electron chi connectivity index (χ2n) is 5.35. The summed E-state index contributed by atoms with van der Waals surface area (Å²) in [6.07, 6.45) is 2.22. The standard InChI is InChI=1S/C15H22N2O2/c1-10-4-7-14(13(8-10)11(2)16)19-9-15(18)17(3)12-5-6-12/h4,7-8,11-12H,5-6,9,16H2,1-3H3/t11-/m0/s1. The molecule has 1 fully saturated rings. The fourth-order valence-corrected chi connectivity index (χ4v) is 2.06. The number of rotatable bonds is 5. The number of carbonyl (C=O) groups is 1. The molecule has 0 bridgehead atoms. The zero-order valence-electron chi connectivity index (χ0n) is 11.8. The Bertz CT molecular complexity index is 467. The first kappa shape index (κ1) is 13.9. The number of hydrogen-bond acceptors (Lipinski definition) is 3. The smallest absolute Gasteiger partial charge is 0.260 e. The Labute approximate surface area is 114 Å². The van der Waals surface area contributed by atoms with Gasteiger partial charge in [0.15, 0.2) is 6.61 Å². The average Bonchev–Trinajstić information content (AvgIpc) is 3.20. The van der Waals surface area contributed by atoms with Crippen molar-refractivity contribution >= 4 is 5.91 Å². The van der Waals surface area contributed by atoms with Crippen LogP contribution in [0.4, 0.5) is 0 Å². The zero-order valence-corrected chi connectivity index (χ0v) is 11.8. The summed E-state index contributed by atoms with van der Waals surface area (Å²) in [6.45, 7) is 4.01. The molecule has 1 saturated carbocycles. The van der Waals surface area contributed by atoms with Gasteiger partial charge in [-0.05, 0) is 32.8 Å². The van der Waals surface area contributed by atoms with Crippen LogP contribution < -0.4 is 10.5 Å². The second-order valence-corrected chi connectivity index (χ2v) is 5.35. The number of benzene rings is 1. The minimum atomic E-state index is -0.105. The third kappa shape index (κ3) is 3.47. The molecular weight excluding hydrogens is 240 g/mol. The largest absolute Gasteiger partial charge is 0.483 e. The predicted octanol–water partition coefficient (Wildman–Crippen LogP) is 2.01. The second kappa shape index (κ2) is 5.61. The van der Waals surface area contributed by atoms with E-state index in [1.807, 2.05) is 39.1 Å². The Balaban J connectivity index is 2.00. The van der Waals surface area contributed by atoms with Gasteiger partial charge in [-0.25, -0.2) is 0 Å². The maximum absolute atomic E-state index is 11.9. The van der Waals surface area contributed by atoms with Gasteiger partial charge in [-0.2, -0.15) is 0 Å². The molecule has 1 aliphatic carbocycles. The average molecular weight is 262 g/mol. The van der Waals surface area contributed by atoms with Gasteiger partial charge in [0, 0.05) is 24.7 Å². The first-order valence-corrected chi connectivity index (χ1v) is 6.73. The van der Waals surface area contributed by atoms with Gasteiger partial charge >= 0.3 is 0 Å². The predicted molar refractivity (Wildman–Crippen MR) is 75.1 cm³/mol. The molecule has 19 heavy (non-hydrogen) atoms. The summed E-state index contributed by atoms with van der Waals surface area (Å²) in [5.41, 5.74) is 8.02. The summed E-state index contributed by atoms with van der Waals surface area (Å²) in [5.74, 6) is 0.733. The summed E-state index contributed by atoms with van der Waals surface area (Å²) in [5, 5.41) is 0. The van der Waals surface area contributed by atoms with Crippen LogP contribution in [0.3, 0.4) is 0 Å². The minimum Gasteiger partial charge on any atom is -0.483 e. The van der Waals surface area contributed by atoms with Crippen LogP contribution in [0.25, 0.3) is 0 Å². The molecule has 104 valence electrons. The van der Waals surface area contributed by atoms with Gasteiger partial charge in [-0.3, -0.25) is 4.79 Å². The van der Waals surface area contributed by atoms with E-state index in [1.54, 1.807) is 4.90 Å². The highest BCUT2D eigenvalue weighted by Gasteiger charge is 2.29. The summed E-state index contributed by atoms with van der Waals surface area (Å²) in [6, 6.07) is 6.18. The van der Waals surface area contributed by atoms with Crippen molar-refractivity contribution < 1.29 is 9.53 Å². The number of aryl methyl sites for hydroxylation is 1. The highest BCUT2D eigenvalue weighted by molar-refractivity contribution is 5.78. The third-order valence-corrected chi connectivity index (χ3v) is 3.49. The maximum atomic E-state index is 11.9. The van der Waals surface area contributed by atoms with E-state index in [0.717, 1.165) is 24.0 Å². The number of amides is 1. The van der Waals surface area contributed by atoms with Crippen molar-refractivity contribution in [3.63, 3.8) is 0 Å². The van der Waals surface area contributed by atoms with Gasteiger partial charge in [0.2, 0.25) is 0 Å². The minimum absolute atomic E-state index is 0.0266. The maximum Gasteiger partial charge on any atom is 0.260 e. The highest BCUT2D eigenvalue weighted by Crippen LogP contribution is 2.27. The molecule has 1 aromatic rings. The molecule has 0 aromatic heterocycles. The first-order chi connectivity index (χ1) is 8.99. The lowest BCUT2D eigenvalue weighted by molar-refractivity contribution is -0.132. The molecule has 0 radical (unpaired) electrons. The number of ether oxygens (including phenoxy) is 1. The Morgan fingerprint density at radius 2 is 2.21 bits per heavy atom. The van der Waals surface area contributed by atoms with Crippen molar-refractivity contribution in [2.45, 2.75) is 38.8 Å². The fraction of sp³-hybridized carbons (Fsp3) is 0.533. The monoisotopic (exact) mass is 262 g/mol. The van der Waals surface area contributed by atoms with Crippen LogP contribution in [-0.4, -0.2) is 30.5 Å². The van der Waals surface area contributed by atoms with Crippen LogP contribution in [0, 0.1) is 6.92 Å².